The Morgan fingerprint density at radius 2 is 2.39 bits per heavy atom. The van der Waals surface area contributed by atoms with Crippen molar-refractivity contribution in [2.45, 2.75) is 12.3 Å². The van der Waals surface area contributed by atoms with E-state index in [0.717, 1.165) is 0 Å². The van der Waals surface area contributed by atoms with E-state index in [2.05, 4.69) is 15.0 Å². The third-order valence-electron chi connectivity index (χ3n) is 3.13. The highest BCUT2D eigenvalue weighted by Gasteiger charge is 2.21. The van der Waals surface area contributed by atoms with Gasteiger partial charge in [-0.05, 0) is 6.08 Å². The standard InChI is InChI=1S/C11H14N5O6P/c12-11-14-9-8(10(17)15-11)13-4-16(9)6-1-2-7(21-3-6)22-5-23(18,19)20/h1-2,4,6-7H,3,5H2,(H2,18,19,20)(H3,12,14,15,17)/p-1/t6-,7+/m1/s1. The summed E-state index contributed by atoms with van der Waals surface area (Å²) in [6, 6.07) is -0.318. The largest absolute Gasteiger partial charge is 0.777 e. The molecule has 11 nitrogen and oxygen atoms in total. The summed E-state index contributed by atoms with van der Waals surface area (Å²) in [5, 5.41) is 0. The van der Waals surface area contributed by atoms with Crippen molar-refractivity contribution in [2.75, 3.05) is 18.7 Å². The Hall–Kier alpha value is -2.04. The Kier molecular flexibility index (Phi) is 4.04. The van der Waals surface area contributed by atoms with Gasteiger partial charge in [-0.3, -0.25) is 9.78 Å². The Labute approximate surface area is 128 Å². The first-order valence-electron chi connectivity index (χ1n) is 6.50. The molecule has 0 saturated carbocycles. The average Bonchev–Trinajstić information content (AvgIpc) is 2.89. The van der Waals surface area contributed by atoms with Crippen LogP contribution in [0.2, 0.25) is 0 Å². The summed E-state index contributed by atoms with van der Waals surface area (Å²) in [5.74, 6) is -0.0275. The number of nitrogens with one attached hydrogen (secondary N) is 1. The zero-order valence-corrected chi connectivity index (χ0v) is 12.6. The molecular weight excluding hydrogens is 329 g/mol. The van der Waals surface area contributed by atoms with E-state index in [4.69, 9.17) is 20.1 Å². The molecule has 1 aliphatic rings. The number of nitrogens with zero attached hydrogens (tertiary/aromatic N) is 3. The molecule has 0 radical (unpaired) electrons. The number of hydrogen-bond donors (Lipinski definition) is 3. The molecule has 12 heteroatoms. The van der Waals surface area contributed by atoms with Crippen molar-refractivity contribution in [3.63, 3.8) is 0 Å². The predicted molar refractivity (Wildman–Crippen MR) is 76.3 cm³/mol. The number of H-pyrrole nitrogens is 1. The third-order valence-corrected chi connectivity index (χ3v) is 3.61. The maximum Gasteiger partial charge on any atom is 0.280 e. The van der Waals surface area contributed by atoms with Crippen molar-refractivity contribution >= 4 is 24.7 Å². The zero-order chi connectivity index (χ0) is 16.6. The summed E-state index contributed by atoms with van der Waals surface area (Å²) in [6.45, 7) is 0.135. The van der Waals surface area contributed by atoms with Gasteiger partial charge in [-0.15, -0.1) is 0 Å². The molecule has 0 aliphatic carbocycles. The summed E-state index contributed by atoms with van der Waals surface area (Å²) in [5.41, 5.74) is 5.55. The molecule has 1 unspecified atom stereocenters. The van der Waals surface area contributed by atoms with Crippen LogP contribution >= 0.6 is 7.60 Å². The lowest BCUT2D eigenvalue weighted by atomic mass is 10.2. The van der Waals surface area contributed by atoms with Crippen LogP contribution in [0.5, 0.6) is 0 Å². The van der Waals surface area contributed by atoms with Crippen LogP contribution in [0.4, 0.5) is 5.95 Å². The van der Waals surface area contributed by atoms with Crippen LogP contribution in [0, 0.1) is 0 Å². The lowest BCUT2D eigenvalue weighted by molar-refractivity contribution is -0.205. The van der Waals surface area contributed by atoms with Gasteiger partial charge in [0.25, 0.3) is 5.56 Å². The number of anilines is 1. The van der Waals surface area contributed by atoms with Gasteiger partial charge in [-0.2, -0.15) is 4.98 Å². The number of nitrogens with two attached hydrogens (primary N) is 1. The summed E-state index contributed by atoms with van der Waals surface area (Å²) in [6.07, 6.45) is 2.89. The van der Waals surface area contributed by atoms with Crippen LogP contribution in [0.3, 0.4) is 0 Å². The van der Waals surface area contributed by atoms with Gasteiger partial charge in [0, 0.05) is 0 Å². The Balaban J connectivity index is 1.80. The summed E-state index contributed by atoms with van der Waals surface area (Å²) < 4.78 is 22.5. The molecule has 2 aromatic heterocycles. The molecule has 0 fully saturated rings. The van der Waals surface area contributed by atoms with Gasteiger partial charge in [0.05, 0.1) is 19.0 Å². The highest BCUT2D eigenvalue weighted by molar-refractivity contribution is 7.50. The van der Waals surface area contributed by atoms with Crippen molar-refractivity contribution in [1.82, 2.24) is 19.5 Å². The van der Waals surface area contributed by atoms with E-state index in [9.17, 15) is 14.3 Å². The average molecular weight is 342 g/mol. The van der Waals surface area contributed by atoms with Crippen LogP contribution in [0.1, 0.15) is 6.04 Å². The van der Waals surface area contributed by atoms with Gasteiger partial charge in [0.2, 0.25) is 5.95 Å². The minimum absolute atomic E-state index is 0.0275. The molecular formula is C11H13N5O6P-. The van der Waals surface area contributed by atoms with E-state index in [0.29, 0.717) is 5.65 Å². The first kappa shape index (κ1) is 15.8. The number of rotatable bonds is 4. The van der Waals surface area contributed by atoms with Crippen LogP contribution in [-0.4, -0.2) is 43.7 Å². The predicted octanol–water partition coefficient (Wildman–Crippen LogP) is -1.32. The second kappa shape index (κ2) is 5.87. The molecule has 2 aromatic rings. The number of ether oxygens (including phenoxy) is 2. The van der Waals surface area contributed by atoms with Crippen molar-refractivity contribution < 1.29 is 23.8 Å². The highest BCUT2D eigenvalue weighted by atomic mass is 31.2. The van der Waals surface area contributed by atoms with Gasteiger partial charge in [-0.1, -0.05) is 6.08 Å². The van der Waals surface area contributed by atoms with Gasteiger partial charge in [0.15, 0.2) is 25.0 Å². The third kappa shape index (κ3) is 3.49. The number of imidazole rings is 1. The molecule has 4 N–H and O–H groups in total. The normalized spacial score (nSPS) is 23.9. The summed E-state index contributed by atoms with van der Waals surface area (Å²) >= 11 is 0. The van der Waals surface area contributed by atoms with Crippen LogP contribution in [0.15, 0.2) is 23.3 Å². The highest BCUT2D eigenvalue weighted by Crippen LogP contribution is 2.30. The lowest BCUT2D eigenvalue weighted by Crippen LogP contribution is -2.26. The van der Waals surface area contributed by atoms with Crippen LogP contribution < -0.4 is 16.2 Å². The molecule has 3 rings (SSSR count). The number of fused-ring (bicyclic) bond motifs is 1. The smallest absolute Gasteiger partial charge is 0.280 e. The SMILES string of the molecule is Nc1nc2c(ncn2[C@@H]2C=C[C@H](OCP(=O)([O-])O)OC2)c(=O)[nH]1. The first-order chi connectivity index (χ1) is 10.8. The van der Waals surface area contributed by atoms with Crippen LogP contribution in [0.25, 0.3) is 11.2 Å². The Morgan fingerprint density at radius 3 is 3.04 bits per heavy atom. The van der Waals surface area contributed by atoms with E-state index in [1.807, 2.05) is 0 Å². The fraction of sp³-hybridized carbons (Fsp3) is 0.364. The fourth-order valence-electron chi connectivity index (χ4n) is 2.15. The zero-order valence-electron chi connectivity index (χ0n) is 11.7. The fourth-order valence-corrected chi connectivity index (χ4v) is 2.49. The number of aromatic nitrogens is 4. The van der Waals surface area contributed by atoms with E-state index in [1.165, 1.54) is 12.4 Å². The molecule has 124 valence electrons. The molecule has 0 saturated heterocycles. The monoisotopic (exact) mass is 342 g/mol. The molecule has 0 spiro atoms. The van der Waals surface area contributed by atoms with Crippen molar-refractivity contribution in [3.8, 4) is 0 Å². The van der Waals surface area contributed by atoms with E-state index >= 15 is 0 Å². The van der Waals surface area contributed by atoms with Gasteiger partial charge < -0.3 is 34.1 Å². The second-order valence-electron chi connectivity index (χ2n) is 4.86. The van der Waals surface area contributed by atoms with Gasteiger partial charge in [0.1, 0.15) is 6.35 Å². The molecule has 0 bridgehead atoms. The summed E-state index contributed by atoms with van der Waals surface area (Å²) in [4.78, 5) is 41.4. The molecule has 23 heavy (non-hydrogen) atoms. The summed E-state index contributed by atoms with van der Waals surface area (Å²) in [7, 11) is -4.50. The van der Waals surface area contributed by atoms with Crippen molar-refractivity contribution in [2.24, 2.45) is 0 Å². The number of hydrogen-bond acceptors (Lipinski definition) is 8. The first-order valence-corrected chi connectivity index (χ1v) is 8.26. The number of aromatic amines is 1. The minimum atomic E-state index is -4.50. The van der Waals surface area contributed by atoms with Gasteiger partial charge >= 0.3 is 0 Å². The second-order valence-corrected chi connectivity index (χ2v) is 6.40. The molecule has 0 aromatic carbocycles. The van der Waals surface area contributed by atoms with E-state index in [1.54, 1.807) is 10.6 Å². The van der Waals surface area contributed by atoms with Gasteiger partial charge in [-0.25, -0.2) is 4.98 Å². The van der Waals surface area contributed by atoms with E-state index in [-0.39, 0.29) is 24.1 Å². The molecule has 3 atom stereocenters. The van der Waals surface area contributed by atoms with E-state index < -0.39 is 25.8 Å². The van der Waals surface area contributed by atoms with Crippen molar-refractivity contribution in [1.29, 1.82) is 0 Å². The van der Waals surface area contributed by atoms with Crippen molar-refractivity contribution in [3.05, 3.63) is 28.8 Å². The number of nitrogen functional groups attached to an aromatic ring is 1. The quantitative estimate of drug-likeness (QED) is 0.450. The molecule has 0 amide bonds. The lowest BCUT2D eigenvalue weighted by Gasteiger charge is -2.26. The molecule has 1 aliphatic heterocycles. The topological polar surface area (TPSA) is 168 Å². The maximum atomic E-state index is 11.7. The maximum absolute atomic E-state index is 11.7. The molecule has 3 heterocycles. The Morgan fingerprint density at radius 1 is 1.61 bits per heavy atom. The van der Waals surface area contributed by atoms with Crippen LogP contribution in [-0.2, 0) is 14.0 Å². The Bertz CT molecular complexity index is 854. The minimum Gasteiger partial charge on any atom is -0.777 e.